The van der Waals surface area contributed by atoms with E-state index in [9.17, 15) is 4.79 Å². The van der Waals surface area contributed by atoms with Crippen molar-refractivity contribution in [3.05, 3.63) is 0 Å². The number of rotatable bonds is 6. The maximum Gasteiger partial charge on any atom is 0.226 e. The summed E-state index contributed by atoms with van der Waals surface area (Å²) < 4.78 is 0. The molecule has 0 aromatic heterocycles. The van der Waals surface area contributed by atoms with E-state index in [1.807, 2.05) is 13.8 Å². The number of hydrogen-bond donors (Lipinski definition) is 1. The molecule has 0 unspecified atom stereocenters. The zero-order valence-electron chi connectivity index (χ0n) is 8.60. The molecule has 0 rings (SSSR count). The van der Waals surface area contributed by atoms with Crippen molar-refractivity contribution in [3.8, 4) is 12.3 Å². The van der Waals surface area contributed by atoms with Crippen LogP contribution in [-0.2, 0) is 4.79 Å². The van der Waals surface area contributed by atoms with Crippen LogP contribution < -0.4 is 5.32 Å². The molecule has 0 saturated heterocycles. The lowest BCUT2D eigenvalue weighted by Crippen LogP contribution is -2.39. The van der Waals surface area contributed by atoms with E-state index in [4.69, 9.17) is 18.0 Å². The lowest BCUT2D eigenvalue weighted by Gasteiger charge is -2.20. The number of halogens is 1. The number of amides is 1. The molecule has 1 N–H and O–H groups in total. The SMILES string of the molecule is C#CCSCCNC(=O)C(C)(C)CCl. The van der Waals surface area contributed by atoms with Crippen molar-refractivity contribution in [2.75, 3.05) is 23.9 Å². The molecule has 4 heteroatoms. The Labute approximate surface area is 95.2 Å². The molecule has 80 valence electrons. The first kappa shape index (κ1) is 13.7. The molecule has 14 heavy (non-hydrogen) atoms. The van der Waals surface area contributed by atoms with Crippen LogP contribution in [0.3, 0.4) is 0 Å². The molecule has 0 radical (unpaired) electrons. The second-order valence-corrected chi connectivity index (χ2v) is 4.90. The smallest absolute Gasteiger partial charge is 0.226 e. The fourth-order valence-corrected chi connectivity index (χ4v) is 1.30. The standard InChI is InChI=1S/C10H16ClNOS/c1-4-6-14-7-5-12-9(13)10(2,3)8-11/h1H,5-8H2,2-3H3,(H,12,13). The normalized spacial score (nSPS) is 10.7. The third-order valence-corrected chi connectivity index (χ3v) is 3.20. The van der Waals surface area contributed by atoms with Crippen molar-refractivity contribution in [2.45, 2.75) is 13.8 Å². The maximum atomic E-state index is 11.5. The summed E-state index contributed by atoms with van der Waals surface area (Å²) in [5.74, 6) is 4.38. The zero-order valence-corrected chi connectivity index (χ0v) is 10.2. The predicted octanol–water partition coefficient (Wildman–Crippen LogP) is 1.73. The van der Waals surface area contributed by atoms with Gasteiger partial charge < -0.3 is 5.32 Å². The zero-order chi connectivity index (χ0) is 11.0. The fourth-order valence-electron chi connectivity index (χ4n) is 0.668. The van der Waals surface area contributed by atoms with Crippen molar-refractivity contribution >= 4 is 29.3 Å². The second kappa shape index (κ2) is 7.03. The molecule has 0 atom stereocenters. The minimum Gasteiger partial charge on any atom is -0.355 e. The number of alkyl halides is 1. The molecule has 0 fully saturated rings. The van der Waals surface area contributed by atoms with Gasteiger partial charge in [0.1, 0.15) is 0 Å². The van der Waals surface area contributed by atoms with E-state index in [-0.39, 0.29) is 5.91 Å². The highest BCUT2D eigenvalue weighted by Crippen LogP contribution is 2.16. The van der Waals surface area contributed by atoms with Crippen LogP contribution in [0.5, 0.6) is 0 Å². The minimum atomic E-state index is -0.488. The Morgan fingerprint density at radius 2 is 2.29 bits per heavy atom. The molecule has 0 aliphatic carbocycles. The minimum absolute atomic E-state index is 0.00573. The summed E-state index contributed by atoms with van der Waals surface area (Å²) in [6.45, 7) is 4.29. The molecule has 2 nitrogen and oxygen atoms in total. The molecule has 0 aromatic carbocycles. The second-order valence-electron chi connectivity index (χ2n) is 3.53. The van der Waals surface area contributed by atoms with Gasteiger partial charge in [0.05, 0.1) is 11.2 Å². The molecule has 0 saturated carbocycles. The highest BCUT2D eigenvalue weighted by Gasteiger charge is 2.25. The quantitative estimate of drug-likeness (QED) is 0.430. The van der Waals surface area contributed by atoms with Crippen molar-refractivity contribution in [3.63, 3.8) is 0 Å². The van der Waals surface area contributed by atoms with Gasteiger partial charge in [-0.2, -0.15) is 0 Å². The molecular formula is C10H16ClNOS. The third kappa shape index (κ3) is 5.41. The largest absolute Gasteiger partial charge is 0.355 e. The van der Waals surface area contributed by atoms with Crippen LogP contribution in [0.25, 0.3) is 0 Å². The summed E-state index contributed by atoms with van der Waals surface area (Å²) in [6.07, 6.45) is 5.09. The summed E-state index contributed by atoms with van der Waals surface area (Å²) in [6, 6.07) is 0. The Hall–Kier alpha value is -0.330. The van der Waals surface area contributed by atoms with Crippen molar-refractivity contribution in [1.29, 1.82) is 0 Å². The third-order valence-electron chi connectivity index (χ3n) is 1.67. The Balaban J connectivity index is 3.60. The van der Waals surface area contributed by atoms with Crippen LogP contribution in [-0.4, -0.2) is 29.8 Å². The van der Waals surface area contributed by atoms with Gasteiger partial charge in [0.15, 0.2) is 0 Å². The van der Waals surface area contributed by atoms with Gasteiger partial charge in [-0.1, -0.05) is 5.92 Å². The van der Waals surface area contributed by atoms with Gasteiger partial charge in [-0.15, -0.1) is 29.8 Å². The summed E-state index contributed by atoms with van der Waals surface area (Å²) >= 11 is 7.29. The monoisotopic (exact) mass is 233 g/mol. The van der Waals surface area contributed by atoms with Crippen molar-refractivity contribution < 1.29 is 4.79 Å². The lowest BCUT2D eigenvalue weighted by atomic mass is 9.95. The van der Waals surface area contributed by atoms with E-state index < -0.39 is 5.41 Å². The van der Waals surface area contributed by atoms with Gasteiger partial charge in [-0.25, -0.2) is 0 Å². The first-order chi connectivity index (χ1) is 6.54. The number of carbonyl (C=O) groups is 1. The summed E-state index contributed by atoms with van der Waals surface area (Å²) in [4.78, 5) is 11.5. The molecule has 0 heterocycles. The maximum absolute atomic E-state index is 11.5. The highest BCUT2D eigenvalue weighted by molar-refractivity contribution is 7.99. The average molecular weight is 234 g/mol. The van der Waals surface area contributed by atoms with Crippen LogP contribution in [0.4, 0.5) is 0 Å². The van der Waals surface area contributed by atoms with Crippen molar-refractivity contribution in [2.24, 2.45) is 5.41 Å². The molecule has 1 amide bonds. The first-order valence-electron chi connectivity index (χ1n) is 4.40. The number of nitrogens with one attached hydrogen (secondary N) is 1. The van der Waals surface area contributed by atoms with E-state index in [1.165, 1.54) is 0 Å². The molecule has 0 spiro atoms. The van der Waals surface area contributed by atoms with Crippen LogP contribution in [0.1, 0.15) is 13.8 Å². The summed E-state index contributed by atoms with van der Waals surface area (Å²) in [7, 11) is 0. The number of thioether (sulfide) groups is 1. The highest BCUT2D eigenvalue weighted by atomic mass is 35.5. The van der Waals surface area contributed by atoms with Crippen molar-refractivity contribution in [1.82, 2.24) is 5.32 Å². The molecule has 0 bridgehead atoms. The molecule has 0 aliphatic rings. The van der Waals surface area contributed by atoms with Gasteiger partial charge in [-0.05, 0) is 13.8 Å². The van der Waals surface area contributed by atoms with Crippen LogP contribution in [0, 0.1) is 17.8 Å². The number of hydrogen-bond acceptors (Lipinski definition) is 2. The van der Waals surface area contributed by atoms with Gasteiger partial charge in [-0.3, -0.25) is 4.79 Å². The number of carbonyl (C=O) groups excluding carboxylic acids is 1. The summed E-state index contributed by atoms with van der Waals surface area (Å²) in [5.41, 5.74) is -0.488. The Morgan fingerprint density at radius 3 is 2.79 bits per heavy atom. The van der Waals surface area contributed by atoms with E-state index in [0.29, 0.717) is 18.2 Å². The van der Waals surface area contributed by atoms with Crippen LogP contribution in [0.15, 0.2) is 0 Å². The first-order valence-corrected chi connectivity index (χ1v) is 6.09. The van der Waals surface area contributed by atoms with Crippen LogP contribution in [0.2, 0.25) is 0 Å². The van der Waals surface area contributed by atoms with E-state index in [0.717, 1.165) is 5.75 Å². The Morgan fingerprint density at radius 1 is 1.64 bits per heavy atom. The Kier molecular flexibility index (Phi) is 6.86. The van der Waals surface area contributed by atoms with E-state index in [2.05, 4.69) is 11.2 Å². The average Bonchev–Trinajstić information content (AvgIpc) is 2.17. The molecule has 0 aliphatic heterocycles. The molecule has 0 aromatic rings. The predicted molar refractivity (Wildman–Crippen MR) is 63.7 cm³/mol. The Bertz CT molecular complexity index is 223. The van der Waals surface area contributed by atoms with Crippen LogP contribution >= 0.6 is 23.4 Å². The molecular weight excluding hydrogens is 218 g/mol. The fraction of sp³-hybridized carbons (Fsp3) is 0.700. The van der Waals surface area contributed by atoms with E-state index in [1.54, 1.807) is 11.8 Å². The topological polar surface area (TPSA) is 29.1 Å². The van der Waals surface area contributed by atoms with Gasteiger partial charge in [0, 0.05) is 18.2 Å². The van der Waals surface area contributed by atoms with E-state index >= 15 is 0 Å². The van der Waals surface area contributed by atoms with Gasteiger partial charge in [0.25, 0.3) is 0 Å². The van der Waals surface area contributed by atoms with Gasteiger partial charge in [0.2, 0.25) is 5.91 Å². The van der Waals surface area contributed by atoms with Gasteiger partial charge >= 0.3 is 0 Å². The number of terminal acetylenes is 1. The lowest BCUT2D eigenvalue weighted by molar-refractivity contribution is -0.128. The summed E-state index contributed by atoms with van der Waals surface area (Å²) in [5, 5.41) is 2.82.